The highest BCUT2D eigenvalue weighted by Crippen LogP contribution is 2.43. The van der Waals surface area contributed by atoms with E-state index in [-0.39, 0.29) is 19.1 Å². The Kier molecular flexibility index (Phi) is 58.9. The monoisotopic (exact) mass is 1120 g/mol. The van der Waals surface area contributed by atoms with Gasteiger partial charge in [-0.05, 0) is 57.8 Å². The lowest BCUT2D eigenvalue weighted by Gasteiger charge is -2.25. The molecule has 0 saturated carbocycles. The topological polar surface area (TPSA) is 105 Å². The normalized spacial score (nSPS) is 14.0. The van der Waals surface area contributed by atoms with E-state index in [1.807, 2.05) is 27.2 Å². The molecule has 0 saturated heterocycles. The first-order valence-electron chi connectivity index (χ1n) is 34.0. The molecule has 0 aliphatic heterocycles. The maximum Gasteiger partial charge on any atom is 0.472 e. The number of phosphoric acid groups is 1. The first kappa shape index (κ1) is 76.5. The molecule has 3 atom stereocenters. The first-order valence-corrected chi connectivity index (χ1v) is 35.5. The van der Waals surface area contributed by atoms with Crippen LogP contribution in [-0.2, 0) is 18.4 Å². The van der Waals surface area contributed by atoms with E-state index in [4.69, 9.17) is 9.05 Å². The third-order valence-electron chi connectivity index (χ3n) is 15.5. The van der Waals surface area contributed by atoms with Crippen LogP contribution in [-0.4, -0.2) is 73.4 Å². The Labute approximate surface area is 486 Å². The van der Waals surface area contributed by atoms with Gasteiger partial charge >= 0.3 is 7.82 Å². The van der Waals surface area contributed by atoms with E-state index in [1.165, 1.54) is 263 Å². The lowest BCUT2D eigenvalue weighted by Crippen LogP contribution is -2.45. The number of aliphatic hydroxyl groups is 1. The third-order valence-corrected chi connectivity index (χ3v) is 16.5. The molecule has 3 N–H and O–H groups in total. The molecule has 460 valence electrons. The number of carbonyl (C=O) groups excluding carboxylic acids is 1. The maximum atomic E-state index is 13.0. The summed E-state index contributed by atoms with van der Waals surface area (Å²) in [5, 5.41) is 14.0. The second kappa shape index (κ2) is 60.1. The van der Waals surface area contributed by atoms with Crippen molar-refractivity contribution in [3.05, 3.63) is 48.6 Å². The zero-order chi connectivity index (χ0) is 57.0. The number of rotatable bonds is 63. The zero-order valence-corrected chi connectivity index (χ0v) is 53.6. The van der Waals surface area contributed by atoms with Crippen molar-refractivity contribution < 1.29 is 32.9 Å². The molecular weight excluding hydrogens is 984 g/mol. The summed E-state index contributed by atoms with van der Waals surface area (Å²) in [6, 6.07) is -0.845. The number of unbranched alkanes of at least 4 members (excludes halogenated alkanes) is 44. The summed E-state index contributed by atoms with van der Waals surface area (Å²) in [5.41, 5.74) is 0. The van der Waals surface area contributed by atoms with Gasteiger partial charge in [-0.1, -0.05) is 319 Å². The molecule has 8 nitrogen and oxygen atoms in total. The third kappa shape index (κ3) is 62.1. The largest absolute Gasteiger partial charge is 0.472 e. The average molecular weight is 1120 g/mol. The lowest BCUT2D eigenvalue weighted by atomic mass is 10.0. The predicted octanol–water partition coefficient (Wildman–Crippen LogP) is 21.4. The molecule has 0 spiro atoms. The molecule has 0 fully saturated rings. The quantitative estimate of drug-likeness (QED) is 0.0243. The number of hydrogen-bond donors (Lipinski definition) is 3. The van der Waals surface area contributed by atoms with Gasteiger partial charge in [0.15, 0.2) is 0 Å². The van der Waals surface area contributed by atoms with Gasteiger partial charge in [-0.2, -0.15) is 0 Å². The molecule has 0 aliphatic rings. The number of likely N-dealkylation sites (N-methyl/N-ethyl adjacent to an activating group) is 1. The highest BCUT2D eigenvalue weighted by molar-refractivity contribution is 7.47. The molecule has 0 aromatic heterocycles. The Balaban J connectivity index is 3.92. The van der Waals surface area contributed by atoms with E-state index in [0.29, 0.717) is 17.4 Å². The van der Waals surface area contributed by atoms with Gasteiger partial charge in [0, 0.05) is 6.42 Å². The summed E-state index contributed by atoms with van der Waals surface area (Å²) in [5.74, 6) is -0.171. The van der Waals surface area contributed by atoms with E-state index in [9.17, 15) is 19.4 Å². The fourth-order valence-corrected chi connectivity index (χ4v) is 11.0. The van der Waals surface area contributed by atoms with Crippen LogP contribution in [0.4, 0.5) is 0 Å². The summed E-state index contributed by atoms with van der Waals surface area (Å²) < 4.78 is 23.8. The standard InChI is InChI=1S/C69H133N2O6P/c1-6-8-10-12-14-16-18-20-22-24-25-26-27-28-29-30-31-32-33-34-35-36-37-38-39-40-41-42-43-44-45-47-49-51-53-55-57-59-61-63-69(73)70-67(66-77-78(74,75)76-65-64-71(3,4)5)68(72)62-60-58-56-54-52-50-48-46-23-21-19-17-15-13-11-9-7-2/h18,20,24-25,27-28,60,62,67-68,72H,6-17,19,21-23,26,29-59,61,63-66H2,1-5H3,(H-,70,73,74,75)/p+1/b20-18-,25-24-,28-27-,62-60+. The van der Waals surface area contributed by atoms with Gasteiger partial charge in [-0.25, -0.2) is 4.57 Å². The van der Waals surface area contributed by atoms with Crippen LogP contribution < -0.4 is 5.32 Å². The number of amides is 1. The van der Waals surface area contributed by atoms with Crippen molar-refractivity contribution >= 4 is 13.7 Å². The summed E-state index contributed by atoms with van der Waals surface area (Å²) in [6.45, 7) is 4.84. The lowest BCUT2D eigenvalue weighted by molar-refractivity contribution is -0.870. The van der Waals surface area contributed by atoms with Crippen molar-refractivity contribution in [1.82, 2.24) is 5.32 Å². The smallest absolute Gasteiger partial charge is 0.387 e. The molecule has 3 unspecified atom stereocenters. The number of allylic oxidation sites excluding steroid dienone is 7. The van der Waals surface area contributed by atoms with Gasteiger partial charge in [-0.15, -0.1) is 0 Å². The van der Waals surface area contributed by atoms with E-state index in [0.717, 1.165) is 51.4 Å². The molecule has 0 bridgehead atoms. The van der Waals surface area contributed by atoms with Crippen molar-refractivity contribution in [2.75, 3.05) is 40.9 Å². The number of nitrogens with zero attached hydrogens (tertiary/aromatic N) is 1. The summed E-state index contributed by atoms with van der Waals surface area (Å²) >= 11 is 0. The summed E-state index contributed by atoms with van der Waals surface area (Å²) in [4.78, 5) is 23.4. The van der Waals surface area contributed by atoms with Crippen LogP contribution in [0.5, 0.6) is 0 Å². The average Bonchev–Trinajstić information content (AvgIpc) is 3.40. The van der Waals surface area contributed by atoms with Crippen LogP contribution in [0, 0.1) is 0 Å². The minimum Gasteiger partial charge on any atom is -0.387 e. The molecule has 78 heavy (non-hydrogen) atoms. The highest BCUT2D eigenvalue weighted by Gasteiger charge is 2.28. The second-order valence-corrected chi connectivity index (χ2v) is 26.0. The highest BCUT2D eigenvalue weighted by atomic mass is 31.2. The Hall–Kier alpha value is -1.54. The van der Waals surface area contributed by atoms with Crippen molar-refractivity contribution in [2.24, 2.45) is 0 Å². The minimum atomic E-state index is -4.35. The van der Waals surface area contributed by atoms with E-state index < -0.39 is 20.0 Å². The van der Waals surface area contributed by atoms with Crippen LogP contribution >= 0.6 is 7.82 Å². The molecule has 0 aromatic rings. The molecule has 0 heterocycles. The summed E-state index contributed by atoms with van der Waals surface area (Å²) in [6.07, 6.45) is 81.1. The van der Waals surface area contributed by atoms with Gasteiger partial charge in [0.1, 0.15) is 13.2 Å². The maximum absolute atomic E-state index is 13.0. The Morgan fingerprint density at radius 2 is 0.731 bits per heavy atom. The Morgan fingerprint density at radius 1 is 0.436 bits per heavy atom. The van der Waals surface area contributed by atoms with Crippen molar-refractivity contribution in [3.63, 3.8) is 0 Å². The summed E-state index contributed by atoms with van der Waals surface area (Å²) in [7, 11) is 1.59. The van der Waals surface area contributed by atoms with Crippen LogP contribution in [0.15, 0.2) is 48.6 Å². The number of hydrogen-bond acceptors (Lipinski definition) is 5. The number of aliphatic hydroxyl groups excluding tert-OH is 1. The van der Waals surface area contributed by atoms with Crippen LogP contribution in [0.25, 0.3) is 0 Å². The van der Waals surface area contributed by atoms with Crippen LogP contribution in [0.1, 0.15) is 335 Å². The molecule has 0 aromatic carbocycles. The van der Waals surface area contributed by atoms with Crippen molar-refractivity contribution in [1.29, 1.82) is 0 Å². The zero-order valence-electron chi connectivity index (χ0n) is 52.7. The van der Waals surface area contributed by atoms with E-state index >= 15 is 0 Å². The van der Waals surface area contributed by atoms with Gasteiger partial charge in [-0.3, -0.25) is 13.8 Å². The fourth-order valence-electron chi connectivity index (χ4n) is 10.2. The number of carbonyl (C=O) groups is 1. The van der Waals surface area contributed by atoms with Gasteiger partial charge < -0.3 is 19.8 Å². The van der Waals surface area contributed by atoms with Gasteiger partial charge in [0.25, 0.3) is 0 Å². The number of quaternary nitrogens is 1. The van der Waals surface area contributed by atoms with Gasteiger partial charge in [0.05, 0.1) is 39.9 Å². The number of phosphoric ester groups is 1. The fraction of sp³-hybridized carbons (Fsp3) is 0.870. The predicted molar refractivity (Wildman–Crippen MR) is 341 cm³/mol. The van der Waals surface area contributed by atoms with Crippen molar-refractivity contribution in [3.8, 4) is 0 Å². The van der Waals surface area contributed by atoms with Crippen LogP contribution in [0.3, 0.4) is 0 Å². The molecule has 0 aliphatic carbocycles. The SMILES string of the molecule is CCCCCCC/C=C\C/C=C\C/C=C\CCCCCCCCCCCCCCCCCCCCCCCCCCC(=O)NC(COP(=O)(O)OCC[N+](C)(C)C)C(O)/C=C/CCCCCCCCCCCCCCCCC. The van der Waals surface area contributed by atoms with Crippen molar-refractivity contribution in [2.45, 2.75) is 347 Å². The second-order valence-electron chi connectivity index (χ2n) is 24.6. The molecule has 9 heteroatoms. The molecular formula is C69H134N2O6P+. The van der Waals surface area contributed by atoms with E-state index in [2.05, 4.69) is 55.6 Å². The molecule has 0 radical (unpaired) electrons. The minimum absolute atomic E-state index is 0.0632. The Morgan fingerprint density at radius 3 is 1.06 bits per heavy atom. The van der Waals surface area contributed by atoms with Gasteiger partial charge in [0.2, 0.25) is 5.91 Å². The molecule has 1 amide bonds. The van der Waals surface area contributed by atoms with Crippen LogP contribution in [0.2, 0.25) is 0 Å². The first-order chi connectivity index (χ1) is 38.0. The number of nitrogens with one attached hydrogen (secondary N) is 1. The Bertz CT molecular complexity index is 1410. The molecule has 0 rings (SSSR count). The van der Waals surface area contributed by atoms with E-state index in [1.54, 1.807) is 6.08 Å².